The summed E-state index contributed by atoms with van der Waals surface area (Å²) in [6.45, 7) is 2.50. The molecule has 0 aromatic heterocycles. The molecule has 0 saturated heterocycles. The summed E-state index contributed by atoms with van der Waals surface area (Å²) in [5.41, 5.74) is 0.828. The van der Waals surface area contributed by atoms with Gasteiger partial charge in [0.1, 0.15) is 13.1 Å². The highest BCUT2D eigenvalue weighted by Crippen LogP contribution is 2.15. The topological polar surface area (TPSA) is 94.9 Å². The van der Waals surface area contributed by atoms with Crippen LogP contribution in [0.3, 0.4) is 0 Å². The highest BCUT2D eigenvalue weighted by Gasteiger charge is 2.14. The van der Waals surface area contributed by atoms with E-state index < -0.39 is 25.0 Å². The molecule has 0 aliphatic rings. The van der Waals surface area contributed by atoms with E-state index in [1.807, 2.05) is 0 Å². The molecule has 0 spiro atoms. The number of carboxylic acid groups (broad SMARTS) is 2. The Hall–Kier alpha value is -2.63. The predicted octanol–water partition coefficient (Wildman–Crippen LogP) is 1.03. The largest absolute Gasteiger partial charge is 0.480 e. The average molecular weight is 263 g/mol. The summed E-state index contributed by atoms with van der Waals surface area (Å²) in [5, 5.41) is 17.5. The molecular weight excluding hydrogens is 250 g/mol. The summed E-state index contributed by atoms with van der Waals surface area (Å²) in [6, 6.07) is 6.00. The van der Waals surface area contributed by atoms with E-state index in [2.05, 4.69) is 6.58 Å². The molecule has 1 aromatic carbocycles. The van der Waals surface area contributed by atoms with E-state index in [1.54, 1.807) is 0 Å². The zero-order valence-electron chi connectivity index (χ0n) is 10.1. The number of carbonyl (C=O) groups is 3. The number of nitrogens with zero attached hydrogens (tertiary/aromatic N) is 1. The van der Waals surface area contributed by atoms with Gasteiger partial charge in [0, 0.05) is 11.3 Å². The van der Waals surface area contributed by atoms with Gasteiger partial charge in [0.15, 0.2) is 5.78 Å². The van der Waals surface area contributed by atoms with Gasteiger partial charge in [-0.05, 0) is 30.3 Å². The third-order valence-corrected chi connectivity index (χ3v) is 2.35. The molecule has 0 heterocycles. The Morgan fingerprint density at radius 3 is 1.89 bits per heavy atom. The summed E-state index contributed by atoms with van der Waals surface area (Å²) in [5.74, 6) is -2.52. The van der Waals surface area contributed by atoms with Crippen molar-refractivity contribution >= 4 is 23.4 Å². The first-order valence-electron chi connectivity index (χ1n) is 5.39. The van der Waals surface area contributed by atoms with Crippen LogP contribution in [0.15, 0.2) is 36.9 Å². The van der Waals surface area contributed by atoms with Gasteiger partial charge in [0.2, 0.25) is 0 Å². The van der Waals surface area contributed by atoms with Crippen LogP contribution in [0.2, 0.25) is 0 Å². The minimum Gasteiger partial charge on any atom is -0.480 e. The molecule has 6 heteroatoms. The van der Waals surface area contributed by atoms with Crippen molar-refractivity contribution in [2.24, 2.45) is 0 Å². The van der Waals surface area contributed by atoms with Gasteiger partial charge < -0.3 is 15.1 Å². The first kappa shape index (κ1) is 14.4. The molecule has 19 heavy (non-hydrogen) atoms. The summed E-state index contributed by atoms with van der Waals surface area (Å²) in [6.07, 6.45) is 1.17. The summed E-state index contributed by atoms with van der Waals surface area (Å²) < 4.78 is 0. The lowest BCUT2D eigenvalue weighted by atomic mass is 10.1. The standard InChI is InChI=1S/C13H13NO5/c1-2-11(15)9-3-5-10(6-4-9)14(7-12(16)17)8-13(18)19/h2-6H,1,7-8H2,(H,16,17)(H,18,19). The summed E-state index contributed by atoms with van der Waals surface area (Å²) in [4.78, 5) is 33.9. The smallest absolute Gasteiger partial charge is 0.323 e. The number of hydrogen-bond acceptors (Lipinski definition) is 4. The fourth-order valence-corrected chi connectivity index (χ4v) is 1.52. The molecule has 0 aliphatic heterocycles. The first-order valence-corrected chi connectivity index (χ1v) is 5.39. The van der Waals surface area contributed by atoms with E-state index >= 15 is 0 Å². The van der Waals surface area contributed by atoms with E-state index in [9.17, 15) is 14.4 Å². The molecule has 6 nitrogen and oxygen atoms in total. The van der Waals surface area contributed by atoms with Crippen LogP contribution in [0.1, 0.15) is 10.4 Å². The second-order valence-electron chi connectivity index (χ2n) is 3.76. The molecule has 0 fully saturated rings. The minimum absolute atomic E-state index is 0.255. The van der Waals surface area contributed by atoms with Crippen LogP contribution in [-0.4, -0.2) is 41.0 Å². The number of carboxylic acids is 2. The van der Waals surface area contributed by atoms with E-state index in [1.165, 1.54) is 35.2 Å². The third-order valence-electron chi connectivity index (χ3n) is 2.35. The van der Waals surface area contributed by atoms with E-state index in [-0.39, 0.29) is 5.78 Å². The fourth-order valence-electron chi connectivity index (χ4n) is 1.52. The quantitative estimate of drug-likeness (QED) is 0.563. The summed E-state index contributed by atoms with van der Waals surface area (Å²) >= 11 is 0. The first-order chi connectivity index (χ1) is 8.93. The Kier molecular flexibility index (Phi) is 4.82. The molecule has 2 N–H and O–H groups in total. The Morgan fingerprint density at radius 1 is 1.05 bits per heavy atom. The number of ketones is 1. The van der Waals surface area contributed by atoms with Gasteiger partial charge in [-0.25, -0.2) is 0 Å². The van der Waals surface area contributed by atoms with Crippen LogP contribution in [0.4, 0.5) is 5.69 Å². The zero-order valence-corrected chi connectivity index (χ0v) is 10.1. The van der Waals surface area contributed by atoms with Crippen LogP contribution in [0.5, 0.6) is 0 Å². The van der Waals surface area contributed by atoms with E-state index in [0.717, 1.165) is 0 Å². The van der Waals surface area contributed by atoms with Gasteiger partial charge in [-0.3, -0.25) is 14.4 Å². The second kappa shape index (κ2) is 6.34. The van der Waals surface area contributed by atoms with Crippen molar-refractivity contribution in [2.45, 2.75) is 0 Å². The third kappa shape index (κ3) is 4.27. The van der Waals surface area contributed by atoms with Crippen LogP contribution in [0.25, 0.3) is 0 Å². The summed E-state index contributed by atoms with van der Waals surface area (Å²) in [7, 11) is 0. The Balaban J connectivity index is 2.95. The number of anilines is 1. The molecule has 0 radical (unpaired) electrons. The zero-order chi connectivity index (χ0) is 14.4. The number of rotatable bonds is 7. The van der Waals surface area contributed by atoms with Crippen LogP contribution in [0, 0.1) is 0 Å². The number of benzene rings is 1. The highest BCUT2D eigenvalue weighted by atomic mass is 16.4. The van der Waals surface area contributed by atoms with Crippen molar-refractivity contribution in [3.63, 3.8) is 0 Å². The number of carbonyl (C=O) groups excluding carboxylic acids is 1. The van der Waals surface area contributed by atoms with Crippen molar-refractivity contribution in [3.8, 4) is 0 Å². The van der Waals surface area contributed by atoms with Crippen molar-refractivity contribution in [1.29, 1.82) is 0 Å². The second-order valence-corrected chi connectivity index (χ2v) is 3.76. The monoisotopic (exact) mass is 263 g/mol. The molecule has 0 aliphatic carbocycles. The molecular formula is C13H13NO5. The normalized spacial score (nSPS) is 9.68. The molecule has 100 valence electrons. The molecule has 0 bridgehead atoms. The number of aliphatic carboxylic acids is 2. The maximum Gasteiger partial charge on any atom is 0.323 e. The van der Waals surface area contributed by atoms with Gasteiger partial charge in [-0.15, -0.1) is 0 Å². The minimum atomic E-state index is -1.13. The van der Waals surface area contributed by atoms with Crippen LogP contribution < -0.4 is 4.90 Å². The number of hydrogen-bond donors (Lipinski definition) is 2. The molecule has 0 atom stereocenters. The van der Waals surface area contributed by atoms with Crippen molar-refractivity contribution in [1.82, 2.24) is 0 Å². The Bertz CT molecular complexity index is 490. The maximum atomic E-state index is 11.3. The van der Waals surface area contributed by atoms with Gasteiger partial charge >= 0.3 is 11.9 Å². The lowest BCUT2D eigenvalue weighted by Crippen LogP contribution is -2.34. The molecule has 0 unspecified atom stereocenters. The molecule has 1 aromatic rings. The lowest BCUT2D eigenvalue weighted by Gasteiger charge is -2.20. The predicted molar refractivity (Wildman–Crippen MR) is 68.5 cm³/mol. The molecule has 0 saturated carbocycles. The lowest BCUT2D eigenvalue weighted by molar-refractivity contribution is -0.136. The fraction of sp³-hybridized carbons (Fsp3) is 0.154. The van der Waals surface area contributed by atoms with Crippen molar-refractivity contribution < 1.29 is 24.6 Å². The van der Waals surface area contributed by atoms with Crippen molar-refractivity contribution in [3.05, 3.63) is 42.5 Å². The molecule has 1 rings (SSSR count). The van der Waals surface area contributed by atoms with E-state index in [4.69, 9.17) is 10.2 Å². The van der Waals surface area contributed by atoms with Gasteiger partial charge in [0.05, 0.1) is 0 Å². The van der Waals surface area contributed by atoms with Crippen molar-refractivity contribution in [2.75, 3.05) is 18.0 Å². The Morgan fingerprint density at radius 2 is 1.53 bits per heavy atom. The van der Waals surface area contributed by atoms with E-state index in [0.29, 0.717) is 11.3 Å². The maximum absolute atomic E-state index is 11.3. The van der Waals surface area contributed by atoms with Gasteiger partial charge in [-0.1, -0.05) is 6.58 Å². The van der Waals surface area contributed by atoms with Gasteiger partial charge in [0.25, 0.3) is 0 Å². The SMILES string of the molecule is C=CC(=O)c1ccc(N(CC(=O)O)CC(=O)O)cc1. The Labute approximate surface area is 109 Å². The molecule has 0 amide bonds. The highest BCUT2D eigenvalue weighted by molar-refractivity contribution is 6.04. The number of allylic oxidation sites excluding steroid dienone is 1. The average Bonchev–Trinajstić information content (AvgIpc) is 2.36. The van der Waals surface area contributed by atoms with Crippen LogP contribution in [-0.2, 0) is 9.59 Å². The van der Waals surface area contributed by atoms with Crippen LogP contribution >= 0.6 is 0 Å². The van der Waals surface area contributed by atoms with Gasteiger partial charge in [-0.2, -0.15) is 0 Å².